The Hall–Kier alpha value is -1.10. The zero-order valence-corrected chi connectivity index (χ0v) is 10.7. The third-order valence-corrected chi connectivity index (χ3v) is 4.76. The summed E-state index contributed by atoms with van der Waals surface area (Å²) in [5.74, 6) is 1.31. The van der Waals surface area contributed by atoms with Gasteiger partial charge in [-0.3, -0.25) is 9.59 Å². The first-order valence-corrected chi connectivity index (χ1v) is 6.96. The van der Waals surface area contributed by atoms with E-state index in [-0.39, 0.29) is 24.4 Å². The van der Waals surface area contributed by atoms with E-state index in [0.29, 0.717) is 18.3 Å². The zero-order valence-electron chi connectivity index (χ0n) is 10.7. The highest BCUT2D eigenvalue weighted by Crippen LogP contribution is 2.37. The molecule has 18 heavy (non-hydrogen) atoms. The van der Waals surface area contributed by atoms with Gasteiger partial charge in [0.2, 0.25) is 11.8 Å². The van der Waals surface area contributed by atoms with Gasteiger partial charge >= 0.3 is 0 Å². The van der Waals surface area contributed by atoms with Gasteiger partial charge in [-0.1, -0.05) is 0 Å². The lowest BCUT2D eigenvalue weighted by atomic mass is 9.98. The number of amides is 2. The first-order valence-electron chi connectivity index (χ1n) is 6.96. The molecule has 1 saturated carbocycles. The van der Waals surface area contributed by atoms with Gasteiger partial charge in [0.1, 0.15) is 0 Å². The summed E-state index contributed by atoms with van der Waals surface area (Å²) in [6, 6.07) is 0.265. The van der Waals surface area contributed by atoms with E-state index < -0.39 is 0 Å². The lowest BCUT2D eigenvalue weighted by Crippen LogP contribution is -2.41. The van der Waals surface area contributed by atoms with Crippen LogP contribution in [0.15, 0.2) is 0 Å². The van der Waals surface area contributed by atoms with Crippen molar-refractivity contribution in [1.29, 1.82) is 0 Å². The minimum atomic E-state index is 0.104. The highest BCUT2D eigenvalue weighted by Gasteiger charge is 2.42. The summed E-state index contributed by atoms with van der Waals surface area (Å²) in [7, 11) is 0. The van der Waals surface area contributed by atoms with Crippen LogP contribution in [0.25, 0.3) is 0 Å². The lowest BCUT2D eigenvalue weighted by Gasteiger charge is -2.22. The molecule has 5 heteroatoms. The molecule has 3 rings (SSSR count). The SMILES string of the molecule is NC1CCC2CN(C(=O)CN3CCCC3=O)CC12. The van der Waals surface area contributed by atoms with Gasteiger partial charge in [0.25, 0.3) is 0 Å². The highest BCUT2D eigenvalue weighted by molar-refractivity contribution is 5.86. The Labute approximate surface area is 107 Å². The van der Waals surface area contributed by atoms with Crippen molar-refractivity contribution in [1.82, 2.24) is 9.80 Å². The number of hydrogen-bond acceptors (Lipinski definition) is 3. The van der Waals surface area contributed by atoms with Crippen LogP contribution in [0.4, 0.5) is 0 Å². The minimum absolute atomic E-state index is 0.104. The predicted molar refractivity (Wildman–Crippen MR) is 66.6 cm³/mol. The molecule has 0 aromatic carbocycles. The fourth-order valence-electron chi connectivity index (χ4n) is 3.65. The third-order valence-electron chi connectivity index (χ3n) is 4.76. The number of carbonyl (C=O) groups is 2. The number of fused-ring (bicyclic) bond motifs is 1. The largest absolute Gasteiger partial charge is 0.341 e. The minimum Gasteiger partial charge on any atom is -0.341 e. The Bertz CT molecular complexity index is 371. The van der Waals surface area contributed by atoms with Gasteiger partial charge in [-0.15, -0.1) is 0 Å². The van der Waals surface area contributed by atoms with Gasteiger partial charge in [-0.05, 0) is 31.1 Å². The quantitative estimate of drug-likeness (QED) is 0.739. The molecule has 0 aromatic heterocycles. The standard InChI is InChI=1S/C13H21N3O2/c14-11-4-3-9-6-16(7-10(9)11)13(18)8-15-5-1-2-12(15)17/h9-11H,1-8,14H2. The summed E-state index contributed by atoms with van der Waals surface area (Å²) in [6.45, 7) is 2.66. The van der Waals surface area contributed by atoms with Crippen LogP contribution in [-0.2, 0) is 9.59 Å². The molecule has 5 nitrogen and oxygen atoms in total. The second kappa shape index (κ2) is 4.53. The molecule has 2 heterocycles. The van der Waals surface area contributed by atoms with Crippen molar-refractivity contribution in [3.63, 3.8) is 0 Å². The maximum absolute atomic E-state index is 12.2. The molecular weight excluding hydrogens is 230 g/mol. The molecule has 3 fully saturated rings. The molecule has 0 spiro atoms. The van der Waals surface area contributed by atoms with E-state index in [4.69, 9.17) is 5.73 Å². The number of hydrogen-bond donors (Lipinski definition) is 1. The summed E-state index contributed by atoms with van der Waals surface area (Å²) >= 11 is 0. The van der Waals surface area contributed by atoms with Crippen molar-refractivity contribution in [3.8, 4) is 0 Å². The normalized spacial score (nSPS) is 35.4. The average molecular weight is 251 g/mol. The average Bonchev–Trinajstić information content (AvgIpc) is 2.99. The summed E-state index contributed by atoms with van der Waals surface area (Å²) < 4.78 is 0. The van der Waals surface area contributed by atoms with Crippen molar-refractivity contribution < 1.29 is 9.59 Å². The number of carbonyl (C=O) groups excluding carboxylic acids is 2. The van der Waals surface area contributed by atoms with Crippen molar-refractivity contribution in [2.45, 2.75) is 31.7 Å². The molecule has 3 aliphatic rings. The maximum Gasteiger partial charge on any atom is 0.242 e. The zero-order chi connectivity index (χ0) is 12.7. The van der Waals surface area contributed by atoms with Crippen LogP contribution < -0.4 is 5.73 Å². The summed E-state index contributed by atoms with van der Waals surface area (Å²) in [6.07, 6.45) is 3.74. The topological polar surface area (TPSA) is 66.6 Å². The summed E-state index contributed by atoms with van der Waals surface area (Å²) in [5, 5.41) is 0. The van der Waals surface area contributed by atoms with Gasteiger partial charge in [0.15, 0.2) is 0 Å². The molecule has 0 aromatic rings. The molecule has 2 saturated heterocycles. The predicted octanol–water partition coefficient (Wildman–Crippen LogP) is -0.195. The van der Waals surface area contributed by atoms with Crippen LogP contribution in [0.2, 0.25) is 0 Å². The van der Waals surface area contributed by atoms with Crippen LogP contribution >= 0.6 is 0 Å². The number of nitrogens with two attached hydrogens (primary N) is 1. The Morgan fingerprint density at radius 1 is 1.33 bits per heavy atom. The molecule has 2 aliphatic heterocycles. The second-order valence-corrected chi connectivity index (χ2v) is 5.88. The maximum atomic E-state index is 12.2. The monoisotopic (exact) mass is 251 g/mol. The van der Waals surface area contributed by atoms with Crippen LogP contribution in [0.1, 0.15) is 25.7 Å². The van der Waals surface area contributed by atoms with Crippen molar-refractivity contribution in [2.24, 2.45) is 17.6 Å². The first kappa shape index (κ1) is 12.0. The van der Waals surface area contributed by atoms with Gasteiger partial charge in [-0.25, -0.2) is 0 Å². The van der Waals surface area contributed by atoms with E-state index >= 15 is 0 Å². The van der Waals surface area contributed by atoms with Crippen LogP contribution in [-0.4, -0.2) is 53.8 Å². The van der Waals surface area contributed by atoms with E-state index in [1.165, 1.54) is 0 Å². The molecule has 3 unspecified atom stereocenters. The fraction of sp³-hybridized carbons (Fsp3) is 0.846. The van der Waals surface area contributed by atoms with E-state index in [1.807, 2.05) is 4.90 Å². The molecule has 2 amide bonds. The highest BCUT2D eigenvalue weighted by atomic mass is 16.2. The number of rotatable bonds is 2. The van der Waals surface area contributed by atoms with E-state index in [9.17, 15) is 9.59 Å². The van der Waals surface area contributed by atoms with E-state index in [1.54, 1.807) is 4.90 Å². The second-order valence-electron chi connectivity index (χ2n) is 5.88. The van der Waals surface area contributed by atoms with Crippen LogP contribution in [0.5, 0.6) is 0 Å². The number of nitrogens with zero attached hydrogens (tertiary/aromatic N) is 2. The van der Waals surface area contributed by atoms with Gasteiger partial charge in [-0.2, -0.15) is 0 Å². The number of likely N-dealkylation sites (tertiary alicyclic amines) is 2. The lowest BCUT2D eigenvalue weighted by molar-refractivity contribution is -0.137. The van der Waals surface area contributed by atoms with E-state index in [0.717, 1.165) is 38.9 Å². The summed E-state index contributed by atoms with van der Waals surface area (Å²) in [4.78, 5) is 27.3. The molecular formula is C13H21N3O2. The fourth-order valence-corrected chi connectivity index (χ4v) is 3.65. The third kappa shape index (κ3) is 2.00. The molecule has 0 radical (unpaired) electrons. The molecule has 0 bridgehead atoms. The van der Waals surface area contributed by atoms with Gasteiger partial charge < -0.3 is 15.5 Å². The first-order chi connectivity index (χ1) is 8.65. The molecule has 100 valence electrons. The Morgan fingerprint density at radius 3 is 2.83 bits per heavy atom. The van der Waals surface area contributed by atoms with Gasteiger partial charge in [0.05, 0.1) is 6.54 Å². The van der Waals surface area contributed by atoms with Crippen molar-refractivity contribution in [3.05, 3.63) is 0 Å². The van der Waals surface area contributed by atoms with Crippen LogP contribution in [0, 0.1) is 11.8 Å². The Kier molecular flexibility index (Phi) is 3.01. The molecule has 1 aliphatic carbocycles. The van der Waals surface area contributed by atoms with E-state index in [2.05, 4.69) is 0 Å². The molecule has 3 atom stereocenters. The van der Waals surface area contributed by atoms with Crippen LogP contribution in [0.3, 0.4) is 0 Å². The van der Waals surface area contributed by atoms with Gasteiger partial charge in [0, 0.05) is 32.1 Å². The summed E-state index contributed by atoms with van der Waals surface area (Å²) in [5.41, 5.74) is 6.07. The smallest absolute Gasteiger partial charge is 0.242 e. The Morgan fingerprint density at radius 2 is 2.17 bits per heavy atom. The Balaban J connectivity index is 1.56. The molecule has 2 N–H and O–H groups in total. The van der Waals surface area contributed by atoms with Crippen molar-refractivity contribution in [2.75, 3.05) is 26.2 Å². The van der Waals surface area contributed by atoms with Crippen molar-refractivity contribution >= 4 is 11.8 Å².